The maximum atomic E-state index is 14.1. The van der Waals surface area contributed by atoms with Crippen molar-refractivity contribution in [3.63, 3.8) is 0 Å². The summed E-state index contributed by atoms with van der Waals surface area (Å²) in [5.41, 5.74) is 2.67. The topological polar surface area (TPSA) is 49.3 Å². The molecule has 2 N–H and O–H groups in total. The van der Waals surface area contributed by atoms with Gasteiger partial charge in [-0.2, -0.15) is 0 Å². The van der Waals surface area contributed by atoms with Crippen molar-refractivity contribution in [1.29, 1.82) is 0 Å². The molecule has 2 aromatic carbocycles. The van der Waals surface area contributed by atoms with Crippen molar-refractivity contribution in [1.82, 2.24) is 0 Å². The molecule has 1 aliphatic rings. The molecule has 3 rings (SSSR count). The molecule has 0 amide bonds. The number of carboxylic acid groups (broad SMARTS) is 1. The maximum absolute atomic E-state index is 14.1. The van der Waals surface area contributed by atoms with Crippen LogP contribution in [0.3, 0.4) is 0 Å². The Morgan fingerprint density at radius 2 is 1.95 bits per heavy atom. The molecule has 0 aliphatic heterocycles. The molecular formula is C17H16FNO2. The van der Waals surface area contributed by atoms with Crippen LogP contribution in [0.1, 0.15) is 29.9 Å². The third kappa shape index (κ3) is 3.21. The van der Waals surface area contributed by atoms with Crippen LogP contribution in [-0.2, 0) is 11.2 Å². The normalized spacial score (nSPS) is 14.0. The van der Waals surface area contributed by atoms with Gasteiger partial charge in [-0.25, -0.2) is 4.39 Å². The Morgan fingerprint density at radius 3 is 2.62 bits per heavy atom. The van der Waals surface area contributed by atoms with E-state index in [2.05, 4.69) is 5.32 Å². The Hall–Kier alpha value is -2.36. The number of para-hydroxylation sites is 1. The molecule has 0 saturated heterocycles. The van der Waals surface area contributed by atoms with Crippen LogP contribution in [0.15, 0.2) is 42.5 Å². The van der Waals surface area contributed by atoms with Crippen LogP contribution >= 0.6 is 0 Å². The Kier molecular flexibility index (Phi) is 3.60. The molecule has 3 nitrogen and oxygen atoms in total. The molecule has 0 heterocycles. The quantitative estimate of drug-likeness (QED) is 0.870. The van der Waals surface area contributed by atoms with E-state index in [0.29, 0.717) is 22.9 Å². The summed E-state index contributed by atoms with van der Waals surface area (Å²) < 4.78 is 14.1. The Morgan fingerprint density at radius 1 is 1.19 bits per heavy atom. The van der Waals surface area contributed by atoms with Crippen molar-refractivity contribution in [2.24, 2.45) is 0 Å². The van der Waals surface area contributed by atoms with E-state index < -0.39 is 5.97 Å². The van der Waals surface area contributed by atoms with Crippen LogP contribution < -0.4 is 5.32 Å². The van der Waals surface area contributed by atoms with E-state index >= 15 is 0 Å². The number of anilines is 2. The van der Waals surface area contributed by atoms with Crippen molar-refractivity contribution in [3.05, 3.63) is 59.4 Å². The summed E-state index contributed by atoms with van der Waals surface area (Å²) in [4.78, 5) is 10.9. The van der Waals surface area contributed by atoms with Gasteiger partial charge in [-0.05, 0) is 48.1 Å². The molecule has 108 valence electrons. The third-order valence-electron chi connectivity index (χ3n) is 3.67. The summed E-state index contributed by atoms with van der Waals surface area (Å²) in [6, 6.07) is 12.3. The molecule has 0 atom stereocenters. The molecule has 0 radical (unpaired) electrons. The monoisotopic (exact) mass is 285 g/mol. The number of hydrogen-bond acceptors (Lipinski definition) is 2. The standard InChI is InChI=1S/C17H16FNO2/c18-14-9-12(11-5-6-11)7-8-16(14)19-15-4-2-1-3-13(15)10-17(20)21/h1-4,7-9,11,19H,5-6,10H2,(H,20,21). The lowest BCUT2D eigenvalue weighted by Crippen LogP contribution is -2.04. The summed E-state index contributed by atoms with van der Waals surface area (Å²) in [6.45, 7) is 0. The molecule has 1 aliphatic carbocycles. The van der Waals surface area contributed by atoms with E-state index in [9.17, 15) is 9.18 Å². The zero-order valence-corrected chi connectivity index (χ0v) is 11.5. The first-order valence-electron chi connectivity index (χ1n) is 6.99. The van der Waals surface area contributed by atoms with Crippen molar-refractivity contribution >= 4 is 17.3 Å². The molecule has 21 heavy (non-hydrogen) atoms. The maximum Gasteiger partial charge on any atom is 0.307 e. The molecule has 0 bridgehead atoms. The van der Waals surface area contributed by atoms with E-state index in [1.807, 2.05) is 6.07 Å². The van der Waals surface area contributed by atoms with Gasteiger partial charge in [0.25, 0.3) is 0 Å². The zero-order valence-electron chi connectivity index (χ0n) is 11.5. The lowest BCUT2D eigenvalue weighted by molar-refractivity contribution is -0.136. The zero-order chi connectivity index (χ0) is 14.8. The highest BCUT2D eigenvalue weighted by atomic mass is 19.1. The molecule has 0 aromatic heterocycles. The van der Waals surface area contributed by atoms with Crippen molar-refractivity contribution < 1.29 is 14.3 Å². The molecule has 0 unspecified atom stereocenters. The van der Waals surface area contributed by atoms with Crippen molar-refractivity contribution in [3.8, 4) is 0 Å². The summed E-state index contributed by atoms with van der Waals surface area (Å²) in [5, 5.41) is 11.9. The molecule has 0 spiro atoms. The Balaban J connectivity index is 1.84. The summed E-state index contributed by atoms with van der Waals surface area (Å²) in [7, 11) is 0. The second-order valence-electron chi connectivity index (χ2n) is 5.37. The first-order valence-corrected chi connectivity index (χ1v) is 6.99. The van der Waals surface area contributed by atoms with Gasteiger partial charge < -0.3 is 10.4 Å². The highest BCUT2D eigenvalue weighted by molar-refractivity contribution is 5.75. The lowest BCUT2D eigenvalue weighted by atomic mass is 10.1. The van der Waals surface area contributed by atoms with Gasteiger partial charge in [-0.15, -0.1) is 0 Å². The number of benzene rings is 2. The number of halogens is 1. The minimum Gasteiger partial charge on any atom is -0.481 e. The van der Waals surface area contributed by atoms with Gasteiger partial charge in [0.2, 0.25) is 0 Å². The number of carbonyl (C=O) groups is 1. The SMILES string of the molecule is O=C(O)Cc1ccccc1Nc1ccc(C2CC2)cc1F. The molecular weight excluding hydrogens is 269 g/mol. The fourth-order valence-corrected chi connectivity index (χ4v) is 2.41. The first kappa shape index (κ1) is 13.6. The molecule has 1 fully saturated rings. The summed E-state index contributed by atoms with van der Waals surface area (Å²) in [6.07, 6.45) is 2.17. The third-order valence-corrected chi connectivity index (χ3v) is 3.67. The lowest BCUT2D eigenvalue weighted by Gasteiger charge is -2.12. The number of aliphatic carboxylic acids is 1. The Labute approximate surface area is 122 Å². The summed E-state index contributed by atoms with van der Waals surface area (Å²) >= 11 is 0. The average molecular weight is 285 g/mol. The Bertz CT molecular complexity index is 680. The van der Waals surface area contributed by atoms with E-state index in [4.69, 9.17) is 5.11 Å². The van der Waals surface area contributed by atoms with E-state index in [-0.39, 0.29) is 12.2 Å². The van der Waals surface area contributed by atoms with Crippen LogP contribution in [0, 0.1) is 5.82 Å². The number of rotatable bonds is 5. The van der Waals surface area contributed by atoms with Crippen molar-refractivity contribution in [2.45, 2.75) is 25.2 Å². The number of carboxylic acids is 1. The van der Waals surface area contributed by atoms with Gasteiger partial charge in [0.1, 0.15) is 5.82 Å². The van der Waals surface area contributed by atoms with Crippen LogP contribution in [0.5, 0.6) is 0 Å². The minimum atomic E-state index is -0.909. The van der Waals surface area contributed by atoms with E-state index in [1.165, 1.54) is 0 Å². The second kappa shape index (κ2) is 5.56. The van der Waals surface area contributed by atoms with Crippen LogP contribution in [-0.4, -0.2) is 11.1 Å². The van der Waals surface area contributed by atoms with Crippen LogP contribution in [0.4, 0.5) is 15.8 Å². The summed E-state index contributed by atoms with van der Waals surface area (Å²) in [5.74, 6) is -0.703. The predicted octanol–water partition coefficient (Wildman–Crippen LogP) is 4.07. The largest absolute Gasteiger partial charge is 0.481 e. The molecule has 2 aromatic rings. The van der Waals surface area contributed by atoms with Crippen molar-refractivity contribution in [2.75, 3.05) is 5.32 Å². The first-order chi connectivity index (χ1) is 10.1. The molecule has 4 heteroatoms. The fraction of sp³-hybridized carbons (Fsp3) is 0.235. The predicted molar refractivity (Wildman–Crippen MR) is 79.4 cm³/mol. The fourth-order valence-electron chi connectivity index (χ4n) is 2.41. The second-order valence-corrected chi connectivity index (χ2v) is 5.37. The minimum absolute atomic E-state index is 0.0923. The smallest absolute Gasteiger partial charge is 0.307 e. The molecule has 1 saturated carbocycles. The van der Waals surface area contributed by atoms with E-state index in [0.717, 1.165) is 18.4 Å². The number of hydrogen-bond donors (Lipinski definition) is 2. The van der Waals surface area contributed by atoms with E-state index in [1.54, 1.807) is 36.4 Å². The van der Waals surface area contributed by atoms with Gasteiger partial charge in [0.05, 0.1) is 12.1 Å². The van der Waals surface area contributed by atoms with Gasteiger partial charge in [0.15, 0.2) is 0 Å². The highest BCUT2D eigenvalue weighted by Crippen LogP contribution is 2.41. The van der Waals surface area contributed by atoms with Crippen LogP contribution in [0.25, 0.3) is 0 Å². The van der Waals surface area contributed by atoms with Gasteiger partial charge in [-0.1, -0.05) is 24.3 Å². The highest BCUT2D eigenvalue weighted by Gasteiger charge is 2.24. The van der Waals surface area contributed by atoms with Gasteiger partial charge in [0, 0.05) is 5.69 Å². The average Bonchev–Trinajstić information content (AvgIpc) is 3.27. The van der Waals surface area contributed by atoms with Gasteiger partial charge >= 0.3 is 5.97 Å². The van der Waals surface area contributed by atoms with Gasteiger partial charge in [-0.3, -0.25) is 4.79 Å². The van der Waals surface area contributed by atoms with Crippen LogP contribution in [0.2, 0.25) is 0 Å². The number of nitrogens with one attached hydrogen (secondary N) is 1.